The van der Waals surface area contributed by atoms with Crippen molar-refractivity contribution in [1.82, 2.24) is 9.80 Å². The number of amides is 4. The van der Waals surface area contributed by atoms with E-state index in [0.29, 0.717) is 19.5 Å². The molecule has 0 spiro atoms. The van der Waals surface area contributed by atoms with Gasteiger partial charge in [-0.1, -0.05) is 0 Å². The van der Waals surface area contributed by atoms with E-state index in [0.717, 1.165) is 0 Å². The Morgan fingerprint density at radius 1 is 0.647 bits per heavy atom. The smallest absolute Gasteiger partial charge is 0.229 e. The summed E-state index contributed by atoms with van der Waals surface area (Å²) in [6.45, 7) is 0.601. The molecule has 17 heavy (non-hydrogen) atoms. The van der Waals surface area contributed by atoms with Gasteiger partial charge in [0.05, 0.1) is 0 Å². The summed E-state index contributed by atoms with van der Waals surface area (Å²) in [5, 5.41) is 0. The molecule has 2 saturated heterocycles. The van der Waals surface area contributed by atoms with Crippen molar-refractivity contribution < 1.29 is 19.2 Å². The van der Waals surface area contributed by atoms with Crippen molar-refractivity contribution in [3.05, 3.63) is 0 Å². The molecule has 2 aliphatic heterocycles. The first-order chi connectivity index (χ1) is 8.09. The maximum atomic E-state index is 11.3. The van der Waals surface area contributed by atoms with Crippen molar-refractivity contribution in [3.63, 3.8) is 0 Å². The maximum Gasteiger partial charge on any atom is 0.229 e. The molecule has 6 nitrogen and oxygen atoms in total. The van der Waals surface area contributed by atoms with Gasteiger partial charge in [0.1, 0.15) is 0 Å². The summed E-state index contributed by atoms with van der Waals surface area (Å²) < 4.78 is 0. The molecule has 0 radical (unpaired) electrons. The molecule has 6 heteroatoms. The summed E-state index contributed by atoms with van der Waals surface area (Å²) in [5.41, 5.74) is 0. The quantitative estimate of drug-likeness (QED) is 0.629. The van der Waals surface area contributed by atoms with Gasteiger partial charge < -0.3 is 0 Å². The molecular formula is C11H14N2O4. The highest BCUT2D eigenvalue weighted by Crippen LogP contribution is 2.14. The van der Waals surface area contributed by atoms with Crippen molar-refractivity contribution in [2.24, 2.45) is 0 Å². The highest BCUT2D eigenvalue weighted by Gasteiger charge is 2.31. The molecule has 2 fully saturated rings. The lowest BCUT2D eigenvalue weighted by molar-refractivity contribution is -0.138. The van der Waals surface area contributed by atoms with Crippen LogP contribution < -0.4 is 0 Å². The highest BCUT2D eigenvalue weighted by molar-refractivity contribution is 6.02. The molecule has 0 atom stereocenters. The molecule has 2 rings (SSSR count). The molecule has 2 aliphatic rings. The lowest BCUT2D eigenvalue weighted by Gasteiger charge is -2.17. The molecular weight excluding hydrogens is 224 g/mol. The average Bonchev–Trinajstić information content (AvgIpc) is 2.77. The molecule has 2 heterocycles. The van der Waals surface area contributed by atoms with Gasteiger partial charge >= 0.3 is 0 Å². The van der Waals surface area contributed by atoms with Gasteiger partial charge in [0, 0.05) is 38.8 Å². The van der Waals surface area contributed by atoms with E-state index in [1.54, 1.807) is 0 Å². The molecule has 0 bridgehead atoms. The lowest BCUT2D eigenvalue weighted by atomic mass is 10.3. The third-order valence-corrected chi connectivity index (χ3v) is 3.07. The van der Waals surface area contributed by atoms with Gasteiger partial charge in [0.2, 0.25) is 23.6 Å². The van der Waals surface area contributed by atoms with Crippen molar-refractivity contribution >= 4 is 23.6 Å². The summed E-state index contributed by atoms with van der Waals surface area (Å²) in [5.74, 6) is -0.633. The van der Waals surface area contributed by atoms with E-state index in [1.165, 1.54) is 9.80 Å². The van der Waals surface area contributed by atoms with Crippen molar-refractivity contribution in [2.75, 3.05) is 13.1 Å². The number of carbonyl (C=O) groups excluding carboxylic acids is 4. The van der Waals surface area contributed by atoms with Crippen LogP contribution in [0.15, 0.2) is 0 Å². The minimum atomic E-state index is -0.158. The number of hydrogen-bond donors (Lipinski definition) is 0. The van der Waals surface area contributed by atoms with Gasteiger partial charge in [-0.15, -0.1) is 0 Å². The summed E-state index contributed by atoms with van der Waals surface area (Å²) in [4.78, 5) is 47.6. The van der Waals surface area contributed by atoms with Crippen molar-refractivity contribution in [3.8, 4) is 0 Å². The van der Waals surface area contributed by atoms with Crippen LogP contribution in [0.25, 0.3) is 0 Å². The molecule has 0 N–H and O–H groups in total. The summed E-state index contributed by atoms with van der Waals surface area (Å²) in [6, 6.07) is 0. The number of hydrogen-bond acceptors (Lipinski definition) is 4. The predicted octanol–water partition coefficient (Wildman–Crippen LogP) is -0.325. The van der Waals surface area contributed by atoms with Crippen LogP contribution in [0, 0.1) is 0 Å². The van der Waals surface area contributed by atoms with Crippen molar-refractivity contribution in [2.45, 2.75) is 32.1 Å². The molecule has 4 amide bonds. The lowest BCUT2D eigenvalue weighted by Crippen LogP contribution is -2.35. The number of carbonyl (C=O) groups is 4. The Kier molecular flexibility index (Phi) is 3.21. The summed E-state index contributed by atoms with van der Waals surface area (Å²) in [6.07, 6.45) is 1.58. The first-order valence-corrected chi connectivity index (χ1v) is 5.76. The number of nitrogens with zero attached hydrogens (tertiary/aromatic N) is 2. The topological polar surface area (TPSA) is 74.8 Å². The second kappa shape index (κ2) is 4.65. The fourth-order valence-electron chi connectivity index (χ4n) is 2.13. The van der Waals surface area contributed by atoms with E-state index >= 15 is 0 Å². The van der Waals surface area contributed by atoms with E-state index in [-0.39, 0.29) is 49.3 Å². The van der Waals surface area contributed by atoms with E-state index in [1.807, 2.05) is 0 Å². The molecule has 92 valence electrons. The van der Waals surface area contributed by atoms with Crippen LogP contribution in [0.3, 0.4) is 0 Å². The van der Waals surface area contributed by atoms with Gasteiger partial charge in [-0.25, -0.2) is 0 Å². The second-order valence-corrected chi connectivity index (χ2v) is 4.23. The molecule has 0 aromatic carbocycles. The Morgan fingerprint density at radius 3 is 1.24 bits per heavy atom. The number of likely N-dealkylation sites (tertiary alicyclic amines) is 2. The first kappa shape index (κ1) is 11.8. The normalized spacial score (nSPS) is 20.9. The molecule has 0 aliphatic carbocycles. The largest absolute Gasteiger partial charge is 0.283 e. The zero-order chi connectivity index (χ0) is 12.4. The van der Waals surface area contributed by atoms with Gasteiger partial charge in [0.15, 0.2) is 0 Å². The fourth-order valence-corrected chi connectivity index (χ4v) is 2.13. The van der Waals surface area contributed by atoms with Gasteiger partial charge in [-0.2, -0.15) is 0 Å². The van der Waals surface area contributed by atoms with Crippen LogP contribution in [0.1, 0.15) is 32.1 Å². The number of rotatable bonds is 4. The number of imide groups is 2. The second-order valence-electron chi connectivity index (χ2n) is 4.23. The maximum absolute atomic E-state index is 11.3. The zero-order valence-corrected chi connectivity index (χ0v) is 9.48. The molecule has 0 aromatic heterocycles. The van der Waals surface area contributed by atoms with E-state index in [9.17, 15) is 19.2 Å². The van der Waals surface area contributed by atoms with Crippen LogP contribution >= 0.6 is 0 Å². The van der Waals surface area contributed by atoms with Gasteiger partial charge in [-0.05, 0) is 6.42 Å². The minimum absolute atomic E-state index is 0.158. The third-order valence-electron chi connectivity index (χ3n) is 3.07. The van der Waals surface area contributed by atoms with E-state index in [2.05, 4.69) is 0 Å². The van der Waals surface area contributed by atoms with Gasteiger partial charge in [-0.3, -0.25) is 29.0 Å². The Balaban J connectivity index is 1.79. The van der Waals surface area contributed by atoms with Gasteiger partial charge in [0.25, 0.3) is 0 Å². The first-order valence-electron chi connectivity index (χ1n) is 5.76. The Hall–Kier alpha value is -1.72. The van der Waals surface area contributed by atoms with Crippen molar-refractivity contribution in [1.29, 1.82) is 0 Å². The monoisotopic (exact) mass is 238 g/mol. The fraction of sp³-hybridized carbons (Fsp3) is 0.636. The standard InChI is InChI=1S/C11H14N2O4/c14-8-2-3-9(15)12(8)6-1-7-13-10(16)4-5-11(13)17/h1-7H2. The van der Waals surface area contributed by atoms with Crippen LogP contribution in [-0.4, -0.2) is 46.5 Å². The summed E-state index contributed by atoms with van der Waals surface area (Å²) >= 11 is 0. The summed E-state index contributed by atoms with van der Waals surface area (Å²) in [7, 11) is 0. The third kappa shape index (κ3) is 2.35. The highest BCUT2D eigenvalue weighted by atomic mass is 16.2. The SMILES string of the molecule is O=C1CCC(=O)N1CCCN1C(=O)CCC1=O. The van der Waals surface area contributed by atoms with E-state index < -0.39 is 0 Å². The average molecular weight is 238 g/mol. The van der Waals surface area contributed by atoms with Crippen LogP contribution in [-0.2, 0) is 19.2 Å². The van der Waals surface area contributed by atoms with E-state index in [4.69, 9.17) is 0 Å². The molecule has 0 unspecified atom stereocenters. The predicted molar refractivity (Wildman–Crippen MR) is 56.5 cm³/mol. The molecule has 0 saturated carbocycles. The van der Waals surface area contributed by atoms with Crippen LogP contribution in [0.4, 0.5) is 0 Å². The zero-order valence-electron chi connectivity index (χ0n) is 9.48. The van der Waals surface area contributed by atoms with Crippen LogP contribution in [0.2, 0.25) is 0 Å². The minimum Gasteiger partial charge on any atom is -0.283 e. The molecule has 0 aromatic rings. The van der Waals surface area contributed by atoms with Crippen LogP contribution in [0.5, 0.6) is 0 Å². The Labute approximate surface area is 98.5 Å². The Bertz CT molecular complexity index is 323. The Morgan fingerprint density at radius 2 is 0.941 bits per heavy atom.